The van der Waals surface area contributed by atoms with Gasteiger partial charge in [-0.3, -0.25) is 9.88 Å². The van der Waals surface area contributed by atoms with Gasteiger partial charge in [0.05, 0.1) is 14.2 Å². The van der Waals surface area contributed by atoms with E-state index in [1.54, 1.807) is 20.4 Å². The van der Waals surface area contributed by atoms with E-state index in [9.17, 15) is 0 Å². The van der Waals surface area contributed by atoms with Crippen molar-refractivity contribution in [1.82, 2.24) is 9.88 Å². The van der Waals surface area contributed by atoms with Crippen LogP contribution in [-0.4, -0.2) is 54.7 Å². The molecule has 0 saturated carbocycles. The van der Waals surface area contributed by atoms with Crippen LogP contribution < -0.4 is 15.2 Å². The van der Waals surface area contributed by atoms with E-state index in [0.29, 0.717) is 0 Å². The third-order valence-electron chi connectivity index (χ3n) is 4.31. The lowest BCUT2D eigenvalue weighted by Gasteiger charge is -2.40. The van der Waals surface area contributed by atoms with Gasteiger partial charge in [0, 0.05) is 30.1 Å². The summed E-state index contributed by atoms with van der Waals surface area (Å²) in [5.41, 5.74) is 6.87. The van der Waals surface area contributed by atoms with E-state index in [1.165, 1.54) is 0 Å². The Hall–Kier alpha value is -0.980. The normalized spacial score (nSPS) is 18.5. The lowest BCUT2D eigenvalue weighted by Crippen LogP contribution is -2.46. The van der Waals surface area contributed by atoms with Crippen LogP contribution in [0.15, 0.2) is 12.3 Å². The molecule has 1 aliphatic heterocycles. The van der Waals surface area contributed by atoms with Gasteiger partial charge in [0.1, 0.15) is 5.69 Å². The highest BCUT2D eigenvalue weighted by Crippen LogP contribution is 2.35. The largest absolute Gasteiger partial charge is 0.493 e. The number of likely N-dealkylation sites (tertiary alicyclic amines) is 1. The van der Waals surface area contributed by atoms with E-state index in [-0.39, 0.29) is 4.75 Å². The highest BCUT2D eigenvalue weighted by Gasteiger charge is 2.32. The molecule has 2 N–H and O–H groups in total. The minimum Gasteiger partial charge on any atom is -0.493 e. The number of piperidine rings is 1. The van der Waals surface area contributed by atoms with Crippen LogP contribution in [0.4, 0.5) is 0 Å². The van der Waals surface area contributed by atoms with Gasteiger partial charge in [-0.05, 0) is 32.2 Å². The van der Waals surface area contributed by atoms with Gasteiger partial charge in [0.15, 0.2) is 11.5 Å². The van der Waals surface area contributed by atoms with Crippen molar-refractivity contribution in [2.45, 2.75) is 24.1 Å². The van der Waals surface area contributed by atoms with Gasteiger partial charge in [-0.2, -0.15) is 11.8 Å². The fourth-order valence-electron chi connectivity index (χ4n) is 2.79. The quantitative estimate of drug-likeness (QED) is 0.864. The molecule has 0 amide bonds. The molecule has 1 aromatic heterocycles. The van der Waals surface area contributed by atoms with E-state index >= 15 is 0 Å². The number of thioether (sulfide) groups is 1. The number of methoxy groups -OCH3 is 2. The zero-order chi connectivity index (χ0) is 15.3. The molecule has 21 heavy (non-hydrogen) atoms. The number of nitrogens with zero attached hydrogens (tertiary/aromatic N) is 2. The lowest BCUT2D eigenvalue weighted by atomic mass is 9.95. The summed E-state index contributed by atoms with van der Waals surface area (Å²) in [5, 5.41) is 0. The molecule has 0 radical (unpaired) electrons. The first-order valence-corrected chi connectivity index (χ1v) is 8.44. The Morgan fingerprint density at radius 2 is 2.05 bits per heavy atom. The molecule has 1 aromatic rings. The molecule has 0 atom stereocenters. The zero-order valence-electron chi connectivity index (χ0n) is 13.1. The van der Waals surface area contributed by atoms with Crippen molar-refractivity contribution in [1.29, 1.82) is 0 Å². The summed E-state index contributed by atoms with van der Waals surface area (Å²) in [5.74, 6) is 1.47. The SMILES string of the molecule is COc1ccnc(CN2CCC(CN)(SC)CC2)c1OC. The fourth-order valence-corrected chi connectivity index (χ4v) is 3.54. The van der Waals surface area contributed by atoms with Gasteiger partial charge in [-0.15, -0.1) is 0 Å². The lowest BCUT2D eigenvalue weighted by molar-refractivity contribution is 0.190. The summed E-state index contributed by atoms with van der Waals surface area (Å²) in [7, 11) is 3.31. The molecule has 2 heterocycles. The predicted octanol–water partition coefficient (Wildman–Crippen LogP) is 1.76. The van der Waals surface area contributed by atoms with Crippen molar-refractivity contribution >= 4 is 11.8 Å². The number of rotatable bonds is 6. The standard InChI is InChI=1S/C15H25N3O2S/c1-19-13-4-7-17-12(14(13)20-2)10-18-8-5-15(11-16,21-3)6-9-18/h4,7H,5-6,8-11,16H2,1-3H3. The van der Waals surface area contributed by atoms with Crippen molar-refractivity contribution in [3.8, 4) is 11.5 Å². The highest BCUT2D eigenvalue weighted by molar-refractivity contribution is 8.00. The third-order valence-corrected chi connectivity index (χ3v) is 5.75. The molecule has 2 rings (SSSR count). The Labute approximate surface area is 131 Å². The van der Waals surface area contributed by atoms with E-state index < -0.39 is 0 Å². The van der Waals surface area contributed by atoms with Crippen molar-refractivity contribution < 1.29 is 9.47 Å². The van der Waals surface area contributed by atoms with Crippen LogP contribution >= 0.6 is 11.8 Å². The Kier molecular flexibility index (Phi) is 5.72. The molecule has 0 aromatic carbocycles. The van der Waals surface area contributed by atoms with Crippen molar-refractivity contribution in [3.63, 3.8) is 0 Å². The Morgan fingerprint density at radius 3 is 2.57 bits per heavy atom. The van der Waals surface area contributed by atoms with E-state index in [4.69, 9.17) is 15.2 Å². The van der Waals surface area contributed by atoms with Gasteiger partial charge in [-0.1, -0.05) is 0 Å². The van der Waals surface area contributed by atoms with Crippen LogP contribution in [0.2, 0.25) is 0 Å². The van der Waals surface area contributed by atoms with Crippen molar-refractivity contribution in [2.75, 3.05) is 40.1 Å². The number of nitrogens with two attached hydrogens (primary N) is 1. The molecule has 5 nitrogen and oxygen atoms in total. The zero-order valence-corrected chi connectivity index (χ0v) is 13.9. The fraction of sp³-hybridized carbons (Fsp3) is 0.667. The molecule has 0 unspecified atom stereocenters. The van der Waals surface area contributed by atoms with Gasteiger partial charge in [-0.25, -0.2) is 0 Å². The highest BCUT2D eigenvalue weighted by atomic mass is 32.2. The van der Waals surface area contributed by atoms with Crippen LogP contribution in [-0.2, 0) is 6.54 Å². The molecule has 118 valence electrons. The number of ether oxygens (including phenoxy) is 2. The first-order valence-electron chi connectivity index (χ1n) is 7.21. The molecule has 1 fully saturated rings. The number of pyridine rings is 1. The van der Waals surface area contributed by atoms with E-state index in [1.807, 2.05) is 17.8 Å². The van der Waals surface area contributed by atoms with Crippen molar-refractivity contribution in [3.05, 3.63) is 18.0 Å². The number of hydrogen-bond donors (Lipinski definition) is 1. The molecular formula is C15H25N3O2S. The van der Waals surface area contributed by atoms with Crippen LogP contribution in [0.5, 0.6) is 11.5 Å². The van der Waals surface area contributed by atoms with Crippen molar-refractivity contribution in [2.24, 2.45) is 5.73 Å². The smallest absolute Gasteiger partial charge is 0.183 e. The van der Waals surface area contributed by atoms with Crippen LogP contribution in [0, 0.1) is 0 Å². The number of hydrogen-bond acceptors (Lipinski definition) is 6. The molecular weight excluding hydrogens is 286 g/mol. The van der Waals surface area contributed by atoms with Crippen LogP contribution in [0.25, 0.3) is 0 Å². The molecule has 6 heteroatoms. The van der Waals surface area contributed by atoms with Gasteiger partial charge in [0.2, 0.25) is 0 Å². The van der Waals surface area contributed by atoms with Crippen LogP contribution in [0.3, 0.4) is 0 Å². The maximum atomic E-state index is 5.94. The molecule has 0 spiro atoms. The predicted molar refractivity (Wildman–Crippen MR) is 87.2 cm³/mol. The molecule has 0 aliphatic carbocycles. The minimum atomic E-state index is 0.252. The summed E-state index contributed by atoms with van der Waals surface area (Å²) >= 11 is 1.90. The summed E-state index contributed by atoms with van der Waals surface area (Å²) in [6, 6.07) is 1.83. The second-order valence-electron chi connectivity index (χ2n) is 5.36. The van der Waals surface area contributed by atoms with Gasteiger partial charge in [0.25, 0.3) is 0 Å². The van der Waals surface area contributed by atoms with Gasteiger partial charge >= 0.3 is 0 Å². The molecule has 1 aliphatic rings. The molecule has 1 saturated heterocycles. The Balaban J connectivity index is 2.04. The maximum Gasteiger partial charge on any atom is 0.183 e. The average molecular weight is 311 g/mol. The molecule has 0 bridgehead atoms. The van der Waals surface area contributed by atoms with E-state index in [2.05, 4.69) is 16.1 Å². The third kappa shape index (κ3) is 3.62. The van der Waals surface area contributed by atoms with E-state index in [0.717, 1.165) is 56.2 Å². The first-order chi connectivity index (χ1) is 10.2. The second-order valence-corrected chi connectivity index (χ2v) is 6.63. The Bertz CT molecular complexity index is 456. The Morgan fingerprint density at radius 1 is 1.33 bits per heavy atom. The summed E-state index contributed by atoms with van der Waals surface area (Å²) in [4.78, 5) is 6.86. The first kappa shape index (κ1) is 16.4. The average Bonchev–Trinajstić information content (AvgIpc) is 2.55. The summed E-state index contributed by atoms with van der Waals surface area (Å²) in [6.07, 6.45) is 6.18. The minimum absolute atomic E-state index is 0.252. The second kappa shape index (κ2) is 7.33. The maximum absolute atomic E-state index is 5.94. The topological polar surface area (TPSA) is 60.6 Å². The monoisotopic (exact) mass is 311 g/mol. The summed E-state index contributed by atoms with van der Waals surface area (Å²) < 4.78 is 11.0. The van der Waals surface area contributed by atoms with Crippen LogP contribution in [0.1, 0.15) is 18.5 Å². The summed E-state index contributed by atoms with van der Waals surface area (Å²) in [6.45, 7) is 3.62. The number of aromatic nitrogens is 1. The van der Waals surface area contributed by atoms with Gasteiger partial charge < -0.3 is 15.2 Å².